The third-order valence-corrected chi connectivity index (χ3v) is 9.42. The van der Waals surface area contributed by atoms with Crippen molar-refractivity contribution in [3.63, 3.8) is 0 Å². The zero-order valence-electron chi connectivity index (χ0n) is 20.9. The van der Waals surface area contributed by atoms with Gasteiger partial charge in [-0.15, -0.1) is 0 Å². The lowest BCUT2D eigenvalue weighted by atomic mass is 9.68. The molecular formula is C37H25Br. The van der Waals surface area contributed by atoms with Gasteiger partial charge in [0.2, 0.25) is 0 Å². The molecule has 3 aliphatic carbocycles. The Morgan fingerprint density at radius 3 is 2.00 bits per heavy atom. The quantitative estimate of drug-likeness (QED) is 0.206. The van der Waals surface area contributed by atoms with Crippen LogP contribution in [0.15, 0.2) is 144 Å². The fourth-order valence-corrected chi connectivity index (χ4v) is 7.85. The summed E-state index contributed by atoms with van der Waals surface area (Å²) in [6.45, 7) is 0. The number of fused-ring (bicyclic) bond motifs is 9. The number of rotatable bonds is 2. The molecule has 0 heterocycles. The third-order valence-electron chi connectivity index (χ3n) is 8.76. The Balaban J connectivity index is 1.37. The molecule has 8 rings (SSSR count). The van der Waals surface area contributed by atoms with E-state index in [0.29, 0.717) is 5.92 Å². The van der Waals surface area contributed by atoms with Gasteiger partial charge in [-0.1, -0.05) is 143 Å². The summed E-state index contributed by atoms with van der Waals surface area (Å²) in [6.07, 6.45) is 5.85. The maximum absolute atomic E-state index is 3.92. The zero-order valence-corrected chi connectivity index (χ0v) is 22.5. The van der Waals surface area contributed by atoms with Gasteiger partial charge in [-0.05, 0) is 68.1 Å². The largest absolute Gasteiger partial charge is 0.0833 e. The molecule has 3 aliphatic rings. The average Bonchev–Trinajstić information content (AvgIpc) is 3.46. The predicted molar refractivity (Wildman–Crippen MR) is 161 cm³/mol. The second kappa shape index (κ2) is 8.28. The van der Waals surface area contributed by atoms with Crippen LogP contribution < -0.4 is 0 Å². The fraction of sp³-hybridized carbons (Fsp3) is 0.0811. The normalized spacial score (nSPS) is 20.3. The topological polar surface area (TPSA) is 0 Å². The van der Waals surface area contributed by atoms with Gasteiger partial charge in [0.05, 0.1) is 5.41 Å². The van der Waals surface area contributed by atoms with Crippen LogP contribution in [0.25, 0.3) is 27.8 Å². The lowest BCUT2D eigenvalue weighted by Gasteiger charge is -2.33. The smallest absolute Gasteiger partial charge is 0.0722 e. The van der Waals surface area contributed by atoms with E-state index >= 15 is 0 Å². The molecule has 0 nitrogen and oxygen atoms in total. The van der Waals surface area contributed by atoms with Crippen LogP contribution in [0.2, 0.25) is 0 Å². The first-order chi connectivity index (χ1) is 18.8. The predicted octanol–water partition coefficient (Wildman–Crippen LogP) is 9.94. The highest BCUT2D eigenvalue weighted by Crippen LogP contribution is 2.65. The van der Waals surface area contributed by atoms with Crippen LogP contribution in [-0.4, -0.2) is 0 Å². The number of allylic oxidation sites excluding steroid dienone is 4. The van der Waals surface area contributed by atoms with Crippen molar-refractivity contribution in [2.75, 3.05) is 0 Å². The average molecular weight is 550 g/mol. The molecule has 0 saturated heterocycles. The second-order valence-corrected chi connectivity index (χ2v) is 11.4. The van der Waals surface area contributed by atoms with Gasteiger partial charge in [0.15, 0.2) is 0 Å². The minimum atomic E-state index is -0.291. The second-order valence-electron chi connectivity index (χ2n) is 10.5. The molecule has 1 heteroatoms. The van der Waals surface area contributed by atoms with Crippen molar-refractivity contribution in [2.24, 2.45) is 0 Å². The summed E-state index contributed by atoms with van der Waals surface area (Å²) >= 11 is 3.92. The number of halogens is 1. The first-order valence-corrected chi connectivity index (χ1v) is 14.1. The van der Waals surface area contributed by atoms with Gasteiger partial charge in [-0.3, -0.25) is 0 Å². The van der Waals surface area contributed by atoms with Crippen LogP contribution in [-0.2, 0) is 5.41 Å². The summed E-state index contributed by atoms with van der Waals surface area (Å²) in [5, 5.41) is 0. The van der Waals surface area contributed by atoms with Gasteiger partial charge in [-0.2, -0.15) is 0 Å². The van der Waals surface area contributed by atoms with E-state index in [4.69, 9.17) is 0 Å². The van der Waals surface area contributed by atoms with Crippen LogP contribution in [0.4, 0.5) is 0 Å². The third kappa shape index (κ3) is 2.86. The standard InChI is InChI=1S/C37H25Br/c38-34-19-9-18-33-36(34)29-13-5-7-16-31(29)37(33)30-15-6-4-12-28(30)35-27(14-8-17-32(35)37)26-22-20-25(21-23-26)24-10-2-1-3-11-24/h1-13,15-23,27H,14H2. The molecule has 38 heavy (non-hydrogen) atoms. The Bertz CT molecular complexity index is 1790. The monoisotopic (exact) mass is 548 g/mol. The molecule has 0 aliphatic heterocycles. The summed E-state index contributed by atoms with van der Waals surface area (Å²) in [7, 11) is 0. The molecule has 0 aromatic heterocycles. The van der Waals surface area contributed by atoms with E-state index in [1.807, 2.05) is 0 Å². The van der Waals surface area contributed by atoms with Crippen molar-refractivity contribution >= 4 is 21.5 Å². The Kier molecular flexibility index (Phi) is 4.81. The van der Waals surface area contributed by atoms with E-state index in [2.05, 4.69) is 149 Å². The molecule has 2 unspecified atom stereocenters. The summed E-state index contributed by atoms with van der Waals surface area (Å²) in [5.74, 6) is 0.323. The molecule has 0 amide bonds. The van der Waals surface area contributed by atoms with Crippen molar-refractivity contribution in [1.82, 2.24) is 0 Å². The summed E-state index contributed by atoms with van der Waals surface area (Å²) in [6, 6.07) is 44.8. The van der Waals surface area contributed by atoms with Gasteiger partial charge in [0, 0.05) is 16.0 Å². The molecule has 180 valence electrons. The van der Waals surface area contributed by atoms with Crippen LogP contribution in [0.3, 0.4) is 0 Å². The van der Waals surface area contributed by atoms with Crippen LogP contribution in [0.1, 0.15) is 40.2 Å². The molecule has 5 aromatic rings. The Morgan fingerprint density at radius 1 is 0.579 bits per heavy atom. The van der Waals surface area contributed by atoms with Crippen molar-refractivity contribution in [1.29, 1.82) is 0 Å². The first kappa shape index (κ1) is 22.1. The van der Waals surface area contributed by atoms with E-state index in [1.54, 1.807) is 0 Å². The molecule has 1 spiro atoms. The lowest BCUT2D eigenvalue weighted by molar-refractivity contribution is 0.771. The van der Waals surface area contributed by atoms with Crippen molar-refractivity contribution in [3.05, 3.63) is 171 Å². The first-order valence-electron chi connectivity index (χ1n) is 13.3. The maximum Gasteiger partial charge on any atom is 0.0722 e. The molecule has 0 bridgehead atoms. The van der Waals surface area contributed by atoms with Gasteiger partial charge in [0.25, 0.3) is 0 Å². The highest BCUT2D eigenvalue weighted by atomic mass is 79.9. The highest BCUT2D eigenvalue weighted by Gasteiger charge is 2.53. The number of benzene rings is 5. The fourth-order valence-electron chi connectivity index (χ4n) is 7.27. The van der Waals surface area contributed by atoms with Crippen molar-refractivity contribution in [3.8, 4) is 22.3 Å². The molecule has 0 saturated carbocycles. The van der Waals surface area contributed by atoms with Gasteiger partial charge in [-0.25, -0.2) is 0 Å². The van der Waals surface area contributed by atoms with E-state index < -0.39 is 0 Å². The molecular weight excluding hydrogens is 524 g/mol. The van der Waals surface area contributed by atoms with Gasteiger partial charge in [0.1, 0.15) is 0 Å². The SMILES string of the molecule is Brc1cccc2c1-c1ccccc1C21C2=C(c3ccccc31)C(c1ccc(-c3ccccc3)cc1)CC=C2. The Labute approximate surface area is 232 Å². The van der Waals surface area contributed by atoms with Crippen LogP contribution >= 0.6 is 15.9 Å². The molecule has 0 fully saturated rings. The molecule has 5 aromatic carbocycles. The van der Waals surface area contributed by atoms with Gasteiger partial charge >= 0.3 is 0 Å². The van der Waals surface area contributed by atoms with Gasteiger partial charge < -0.3 is 0 Å². The molecule has 0 radical (unpaired) electrons. The summed E-state index contributed by atoms with van der Waals surface area (Å²) in [5.41, 5.74) is 14.8. The highest BCUT2D eigenvalue weighted by molar-refractivity contribution is 9.10. The lowest BCUT2D eigenvalue weighted by Crippen LogP contribution is -2.27. The minimum absolute atomic E-state index is 0.291. The Morgan fingerprint density at radius 2 is 1.21 bits per heavy atom. The molecule has 0 N–H and O–H groups in total. The zero-order chi connectivity index (χ0) is 25.3. The Hall–Kier alpha value is -3.94. The van der Waals surface area contributed by atoms with Crippen molar-refractivity contribution in [2.45, 2.75) is 17.8 Å². The van der Waals surface area contributed by atoms with E-state index in [1.165, 1.54) is 65.7 Å². The molecule has 2 atom stereocenters. The number of hydrogen-bond donors (Lipinski definition) is 0. The maximum atomic E-state index is 3.92. The van der Waals surface area contributed by atoms with Crippen molar-refractivity contribution < 1.29 is 0 Å². The summed E-state index contributed by atoms with van der Waals surface area (Å²) in [4.78, 5) is 0. The van der Waals surface area contributed by atoms with Crippen LogP contribution in [0.5, 0.6) is 0 Å². The van der Waals surface area contributed by atoms with E-state index in [0.717, 1.165) is 6.42 Å². The van der Waals surface area contributed by atoms with Crippen LogP contribution in [0, 0.1) is 0 Å². The summed E-state index contributed by atoms with van der Waals surface area (Å²) < 4.78 is 1.17. The minimum Gasteiger partial charge on any atom is -0.0833 e. The number of hydrogen-bond acceptors (Lipinski definition) is 0. The van der Waals surface area contributed by atoms with E-state index in [9.17, 15) is 0 Å². The van der Waals surface area contributed by atoms with E-state index in [-0.39, 0.29) is 5.41 Å².